The van der Waals surface area contributed by atoms with Gasteiger partial charge in [0, 0.05) is 12.6 Å². The fourth-order valence-corrected chi connectivity index (χ4v) is 2.23. The first-order valence-electron chi connectivity index (χ1n) is 6.95. The Bertz CT molecular complexity index is 732. The van der Waals surface area contributed by atoms with Crippen LogP contribution < -0.4 is 11.1 Å². The number of carbonyl (C=O) groups excluding carboxylic acids is 2. The fourth-order valence-electron chi connectivity index (χ4n) is 2.23. The van der Waals surface area contributed by atoms with Gasteiger partial charge in [0.1, 0.15) is 0 Å². The van der Waals surface area contributed by atoms with E-state index < -0.39 is 0 Å². The smallest absolute Gasteiger partial charge is 0.221 e. The molecule has 5 nitrogen and oxygen atoms in total. The summed E-state index contributed by atoms with van der Waals surface area (Å²) in [4.78, 5) is 27.6. The normalized spacial score (nSPS) is 16.4. The summed E-state index contributed by atoms with van der Waals surface area (Å²) in [5, 5.41) is 2.53. The molecule has 0 saturated heterocycles. The van der Waals surface area contributed by atoms with Gasteiger partial charge in [0.15, 0.2) is 0 Å². The number of hydrogen-bond acceptors (Lipinski definition) is 4. The monoisotopic (exact) mass is 297 g/mol. The van der Waals surface area contributed by atoms with E-state index >= 15 is 0 Å². The highest BCUT2D eigenvalue weighted by molar-refractivity contribution is 6.22. The van der Waals surface area contributed by atoms with Crippen molar-refractivity contribution in [3.05, 3.63) is 46.7 Å². The third-order valence-electron chi connectivity index (χ3n) is 3.44. The maximum Gasteiger partial charge on any atom is 0.221 e. The van der Waals surface area contributed by atoms with E-state index in [4.69, 9.17) is 5.73 Å². The second kappa shape index (κ2) is 5.97. The van der Waals surface area contributed by atoms with Gasteiger partial charge in [-0.1, -0.05) is 0 Å². The Morgan fingerprint density at radius 1 is 1.14 bits per heavy atom. The number of anilines is 1. The molecule has 114 valence electrons. The van der Waals surface area contributed by atoms with Crippen LogP contribution in [0.4, 0.5) is 11.4 Å². The SMILES string of the molecule is CC(=O)NC1=CC(=Nc2cc(C)c(N)c(C)c2)C(C)=CC1=O. The van der Waals surface area contributed by atoms with Gasteiger partial charge in [-0.05, 0) is 61.8 Å². The number of aliphatic imine (C=N–C) groups is 1. The number of nitrogen functional groups attached to an aromatic ring is 1. The van der Waals surface area contributed by atoms with Crippen molar-refractivity contribution in [2.75, 3.05) is 5.73 Å². The van der Waals surface area contributed by atoms with Crippen molar-refractivity contribution in [2.24, 2.45) is 4.99 Å². The van der Waals surface area contributed by atoms with E-state index in [1.54, 1.807) is 6.08 Å². The van der Waals surface area contributed by atoms with Gasteiger partial charge in [0.2, 0.25) is 11.7 Å². The predicted molar refractivity (Wildman–Crippen MR) is 88.1 cm³/mol. The number of aryl methyl sites for hydroxylation is 2. The van der Waals surface area contributed by atoms with Crippen LogP contribution in [0.5, 0.6) is 0 Å². The molecule has 0 heterocycles. The Kier molecular flexibility index (Phi) is 4.26. The van der Waals surface area contributed by atoms with Gasteiger partial charge in [-0.3, -0.25) is 9.59 Å². The molecule has 0 aromatic heterocycles. The summed E-state index contributed by atoms with van der Waals surface area (Å²) in [6.45, 7) is 7.03. The first-order chi connectivity index (χ1) is 10.3. The van der Waals surface area contributed by atoms with Crippen molar-refractivity contribution in [1.29, 1.82) is 0 Å². The van der Waals surface area contributed by atoms with E-state index in [9.17, 15) is 9.59 Å². The maximum absolute atomic E-state index is 11.9. The topological polar surface area (TPSA) is 84.6 Å². The Labute approximate surface area is 129 Å². The van der Waals surface area contributed by atoms with Gasteiger partial charge in [0.05, 0.1) is 17.1 Å². The zero-order valence-corrected chi connectivity index (χ0v) is 13.2. The van der Waals surface area contributed by atoms with Gasteiger partial charge in [-0.25, -0.2) is 4.99 Å². The van der Waals surface area contributed by atoms with Crippen molar-refractivity contribution < 1.29 is 9.59 Å². The summed E-state index contributed by atoms with van der Waals surface area (Å²) >= 11 is 0. The average Bonchev–Trinajstić information content (AvgIpc) is 2.41. The number of amides is 1. The Balaban J connectivity index is 2.45. The van der Waals surface area contributed by atoms with Gasteiger partial charge >= 0.3 is 0 Å². The molecule has 0 unspecified atom stereocenters. The van der Waals surface area contributed by atoms with Crippen LogP contribution in [-0.2, 0) is 9.59 Å². The lowest BCUT2D eigenvalue weighted by molar-refractivity contribution is -0.120. The minimum absolute atomic E-state index is 0.226. The van der Waals surface area contributed by atoms with Crippen LogP contribution in [0, 0.1) is 13.8 Å². The number of rotatable bonds is 2. The van der Waals surface area contributed by atoms with Crippen molar-refractivity contribution in [3.63, 3.8) is 0 Å². The molecule has 0 atom stereocenters. The van der Waals surface area contributed by atoms with Crippen LogP contribution in [0.3, 0.4) is 0 Å². The first-order valence-corrected chi connectivity index (χ1v) is 6.95. The summed E-state index contributed by atoms with van der Waals surface area (Å²) < 4.78 is 0. The van der Waals surface area contributed by atoms with Crippen molar-refractivity contribution >= 4 is 28.8 Å². The standard InChI is InChI=1S/C17H19N3O2/c1-9-7-16(22)15(19-12(4)21)8-14(9)20-13-5-10(2)17(18)11(3)6-13/h5-8H,18H2,1-4H3,(H,19,21). The molecule has 0 radical (unpaired) electrons. The molecular weight excluding hydrogens is 278 g/mol. The van der Waals surface area contributed by atoms with Gasteiger partial charge in [0.25, 0.3) is 0 Å². The molecule has 3 N–H and O–H groups in total. The third-order valence-corrected chi connectivity index (χ3v) is 3.44. The zero-order chi connectivity index (χ0) is 16.4. The molecule has 22 heavy (non-hydrogen) atoms. The minimum Gasteiger partial charge on any atom is -0.398 e. The molecule has 0 spiro atoms. The molecule has 0 fully saturated rings. The van der Waals surface area contributed by atoms with Crippen LogP contribution in [0.1, 0.15) is 25.0 Å². The van der Waals surface area contributed by atoms with E-state index in [0.29, 0.717) is 5.71 Å². The lowest BCUT2D eigenvalue weighted by atomic mass is 10.0. The Morgan fingerprint density at radius 2 is 1.73 bits per heavy atom. The summed E-state index contributed by atoms with van der Waals surface area (Å²) in [6.07, 6.45) is 3.07. The number of benzene rings is 1. The number of carbonyl (C=O) groups is 2. The number of nitrogens with zero attached hydrogens (tertiary/aromatic N) is 1. The van der Waals surface area contributed by atoms with Crippen molar-refractivity contribution in [2.45, 2.75) is 27.7 Å². The van der Waals surface area contributed by atoms with Crippen LogP contribution >= 0.6 is 0 Å². The minimum atomic E-state index is -0.286. The molecule has 1 aliphatic carbocycles. The number of allylic oxidation sites excluding steroid dienone is 3. The molecular formula is C17H19N3O2. The molecule has 1 amide bonds. The molecule has 1 aliphatic rings. The molecule has 1 aromatic rings. The molecule has 5 heteroatoms. The van der Waals surface area contributed by atoms with E-state index in [1.807, 2.05) is 32.9 Å². The first kappa shape index (κ1) is 15.7. The van der Waals surface area contributed by atoms with E-state index in [0.717, 1.165) is 28.1 Å². The molecule has 0 aliphatic heterocycles. The zero-order valence-electron chi connectivity index (χ0n) is 13.2. The lowest BCUT2D eigenvalue weighted by Crippen LogP contribution is -2.27. The van der Waals surface area contributed by atoms with Crippen LogP contribution in [0.15, 0.2) is 40.5 Å². The van der Waals surface area contributed by atoms with Crippen molar-refractivity contribution in [3.8, 4) is 0 Å². The third kappa shape index (κ3) is 3.31. The van der Waals surface area contributed by atoms with E-state index in [1.165, 1.54) is 13.0 Å². The van der Waals surface area contributed by atoms with E-state index in [2.05, 4.69) is 10.3 Å². The molecule has 0 saturated carbocycles. The quantitative estimate of drug-likeness (QED) is 0.649. The number of hydrogen-bond donors (Lipinski definition) is 2. The average molecular weight is 297 g/mol. The van der Waals surface area contributed by atoms with Gasteiger partial charge in [-0.15, -0.1) is 0 Å². The van der Waals surface area contributed by atoms with Crippen molar-refractivity contribution in [1.82, 2.24) is 5.32 Å². The predicted octanol–water partition coefficient (Wildman–Crippen LogP) is 2.51. The largest absolute Gasteiger partial charge is 0.398 e. The molecule has 2 rings (SSSR count). The summed E-state index contributed by atoms with van der Waals surface area (Å²) in [7, 11) is 0. The second-order valence-electron chi connectivity index (χ2n) is 5.42. The summed E-state index contributed by atoms with van der Waals surface area (Å²) in [5.41, 5.74) is 11.0. The highest BCUT2D eigenvalue weighted by Gasteiger charge is 2.17. The second-order valence-corrected chi connectivity index (χ2v) is 5.42. The highest BCUT2D eigenvalue weighted by atomic mass is 16.2. The Hall–Kier alpha value is -2.69. The molecule has 1 aromatic carbocycles. The number of nitrogens with one attached hydrogen (secondary N) is 1. The molecule has 0 bridgehead atoms. The number of nitrogens with two attached hydrogens (primary N) is 1. The summed E-state index contributed by atoms with van der Waals surface area (Å²) in [6, 6.07) is 3.79. The highest BCUT2D eigenvalue weighted by Crippen LogP contribution is 2.25. The van der Waals surface area contributed by atoms with E-state index in [-0.39, 0.29) is 17.4 Å². The maximum atomic E-state index is 11.9. The van der Waals surface area contributed by atoms with Crippen LogP contribution in [0.2, 0.25) is 0 Å². The van der Waals surface area contributed by atoms with Crippen LogP contribution in [0.25, 0.3) is 0 Å². The van der Waals surface area contributed by atoms with Crippen LogP contribution in [-0.4, -0.2) is 17.4 Å². The Morgan fingerprint density at radius 3 is 2.27 bits per heavy atom. The summed E-state index contributed by atoms with van der Waals surface area (Å²) in [5.74, 6) is -0.512. The lowest BCUT2D eigenvalue weighted by Gasteiger charge is -2.13. The fraction of sp³-hybridized carbons (Fsp3) is 0.235. The number of ketones is 1. The van der Waals surface area contributed by atoms with Gasteiger partial charge < -0.3 is 11.1 Å². The van der Waals surface area contributed by atoms with Gasteiger partial charge in [-0.2, -0.15) is 0 Å².